The average Bonchev–Trinajstić information content (AvgIpc) is 2.53. The number of carbonyl (C=O) groups excluding carboxylic acids is 1. The lowest BCUT2D eigenvalue weighted by molar-refractivity contribution is 0.0956. The number of sulfonamides is 1. The Morgan fingerprint density at radius 1 is 1.57 bits per heavy atom. The molecule has 3 N–H and O–H groups in total. The zero-order chi connectivity index (χ0) is 10.6. The smallest absolute Gasteiger partial charge is 0.252 e. The van der Waals surface area contributed by atoms with Gasteiger partial charge in [0.15, 0.2) is 0 Å². The van der Waals surface area contributed by atoms with Gasteiger partial charge in [-0.25, -0.2) is 13.6 Å². The van der Waals surface area contributed by atoms with Gasteiger partial charge in [-0.2, -0.15) is 11.3 Å². The van der Waals surface area contributed by atoms with Crippen molar-refractivity contribution in [1.29, 1.82) is 0 Å². The molecule has 14 heavy (non-hydrogen) atoms. The maximum absolute atomic E-state index is 11.3. The van der Waals surface area contributed by atoms with E-state index in [1.807, 2.05) is 0 Å². The molecule has 1 heterocycles. The van der Waals surface area contributed by atoms with Crippen LogP contribution in [0.25, 0.3) is 0 Å². The lowest BCUT2D eigenvalue weighted by Gasteiger charge is -2.01. The molecule has 1 rings (SSSR count). The molecule has 7 heteroatoms. The minimum Gasteiger partial charge on any atom is -0.351 e. The number of primary sulfonamides is 1. The highest BCUT2D eigenvalue weighted by molar-refractivity contribution is 7.89. The Kier molecular flexibility index (Phi) is 3.62. The molecule has 0 saturated heterocycles. The van der Waals surface area contributed by atoms with Crippen LogP contribution in [0.4, 0.5) is 0 Å². The highest BCUT2D eigenvalue weighted by atomic mass is 32.2. The van der Waals surface area contributed by atoms with E-state index in [0.717, 1.165) is 0 Å². The van der Waals surface area contributed by atoms with Gasteiger partial charge in [0.25, 0.3) is 5.91 Å². The molecule has 0 aliphatic heterocycles. The number of nitrogens with one attached hydrogen (secondary N) is 1. The summed E-state index contributed by atoms with van der Waals surface area (Å²) < 4.78 is 21.1. The highest BCUT2D eigenvalue weighted by Gasteiger charge is 2.07. The summed E-state index contributed by atoms with van der Waals surface area (Å²) in [6.45, 7) is 0.0352. The van der Waals surface area contributed by atoms with Crippen LogP contribution in [-0.4, -0.2) is 26.6 Å². The van der Waals surface area contributed by atoms with E-state index in [4.69, 9.17) is 5.14 Å². The molecule has 0 radical (unpaired) electrons. The van der Waals surface area contributed by atoms with Crippen LogP contribution in [0, 0.1) is 0 Å². The molecule has 1 aromatic rings. The van der Waals surface area contributed by atoms with Crippen LogP contribution in [0.5, 0.6) is 0 Å². The van der Waals surface area contributed by atoms with Gasteiger partial charge in [0.05, 0.1) is 5.75 Å². The maximum atomic E-state index is 11.3. The molecule has 0 fully saturated rings. The van der Waals surface area contributed by atoms with Gasteiger partial charge in [-0.15, -0.1) is 0 Å². The van der Waals surface area contributed by atoms with E-state index >= 15 is 0 Å². The minimum absolute atomic E-state index is 0.0352. The van der Waals surface area contributed by atoms with Crippen molar-refractivity contribution in [3.63, 3.8) is 0 Å². The number of nitrogens with two attached hydrogens (primary N) is 1. The fourth-order valence-corrected chi connectivity index (χ4v) is 1.83. The van der Waals surface area contributed by atoms with Crippen molar-refractivity contribution in [2.45, 2.75) is 0 Å². The first-order chi connectivity index (χ1) is 6.49. The molecule has 0 unspecified atom stereocenters. The summed E-state index contributed by atoms with van der Waals surface area (Å²) in [5.41, 5.74) is 0.532. The monoisotopic (exact) mass is 234 g/mol. The van der Waals surface area contributed by atoms with E-state index in [9.17, 15) is 13.2 Å². The lowest BCUT2D eigenvalue weighted by Crippen LogP contribution is -2.31. The maximum Gasteiger partial charge on any atom is 0.252 e. The molecular weight excluding hydrogens is 224 g/mol. The normalized spacial score (nSPS) is 11.2. The molecule has 0 atom stereocenters. The molecular formula is C7H10N2O3S2. The molecule has 1 amide bonds. The molecule has 1 aromatic heterocycles. The van der Waals surface area contributed by atoms with Crippen molar-refractivity contribution in [1.82, 2.24) is 5.32 Å². The van der Waals surface area contributed by atoms with Crippen molar-refractivity contribution in [2.75, 3.05) is 12.3 Å². The Hall–Kier alpha value is -0.920. The Balaban J connectivity index is 2.37. The predicted molar refractivity (Wildman–Crippen MR) is 54.6 cm³/mol. The summed E-state index contributed by atoms with van der Waals surface area (Å²) in [7, 11) is -3.50. The Morgan fingerprint density at radius 3 is 2.79 bits per heavy atom. The average molecular weight is 234 g/mol. The van der Waals surface area contributed by atoms with Crippen molar-refractivity contribution in [3.8, 4) is 0 Å². The van der Waals surface area contributed by atoms with Gasteiger partial charge >= 0.3 is 0 Å². The fraction of sp³-hybridized carbons (Fsp3) is 0.286. The highest BCUT2D eigenvalue weighted by Crippen LogP contribution is 2.04. The number of carbonyl (C=O) groups is 1. The third-order valence-corrected chi connectivity index (χ3v) is 2.91. The van der Waals surface area contributed by atoms with E-state index in [1.54, 1.807) is 16.8 Å². The van der Waals surface area contributed by atoms with Crippen LogP contribution in [0.3, 0.4) is 0 Å². The van der Waals surface area contributed by atoms with E-state index in [0.29, 0.717) is 5.56 Å². The zero-order valence-electron chi connectivity index (χ0n) is 7.26. The predicted octanol–water partition coefficient (Wildman–Crippen LogP) is -0.234. The van der Waals surface area contributed by atoms with Gasteiger partial charge in [0, 0.05) is 17.5 Å². The standard InChI is InChI=1S/C7H10N2O3S2/c8-14(11,12)4-2-9-7(10)6-1-3-13-5-6/h1,3,5H,2,4H2,(H,9,10)(H2,8,11,12). The summed E-state index contributed by atoms with van der Waals surface area (Å²) in [6, 6.07) is 1.66. The third-order valence-electron chi connectivity index (χ3n) is 1.46. The molecule has 0 aromatic carbocycles. The number of amides is 1. The first-order valence-corrected chi connectivity index (χ1v) is 6.46. The quantitative estimate of drug-likeness (QED) is 0.754. The van der Waals surface area contributed by atoms with Gasteiger partial charge < -0.3 is 5.32 Å². The lowest BCUT2D eigenvalue weighted by atomic mass is 10.3. The molecule has 5 nitrogen and oxygen atoms in total. The minimum atomic E-state index is -3.50. The Morgan fingerprint density at radius 2 is 2.29 bits per heavy atom. The van der Waals surface area contributed by atoms with Gasteiger partial charge in [-0.1, -0.05) is 0 Å². The van der Waals surface area contributed by atoms with Crippen LogP contribution in [0.15, 0.2) is 16.8 Å². The molecule has 0 saturated carbocycles. The third kappa shape index (κ3) is 3.86. The molecule has 78 valence electrons. The molecule has 0 aliphatic carbocycles. The summed E-state index contributed by atoms with van der Waals surface area (Å²) in [5.74, 6) is -0.530. The largest absolute Gasteiger partial charge is 0.351 e. The van der Waals surface area contributed by atoms with E-state index in [-0.39, 0.29) is 18.2 Å². The Labute approximate surface area is 86.0 Å². The summed E-state index contributed by atoms with van der Waals surface area (Å²) in [5, 5.41) is 10.7. The van der Waals surface area contributed by atoms with E-state index in [2.05, 4.69) is 5.32 Å². The zero-order valence-corrected chi connectivity index (χ0v) is 8.90. The summed E-state index contributed by atoms with van der Waals surface area (Å²) in [6.07, 6.45) is 0. The second-order valence-corrected chi connectivity index (χ2v) is 5.15. The van der Waals surface area contributed by atoms with Gasteiger partial charge in [0.1, 0.15) is 0 Å². The topological polar surface area (TPSA) is 89.3 Å². The van der Waals surface area contributed by atoms with Crippen molar-refractivity contribution in [2.24, 2.45) is 5.14 Å². The summed E-state index contributed by atoms with van der Waals surface area (Å²) in [4.78, 5) is 11.3. The van der Waals surface area contributed by atoms with Crippen molar-refractivity contribution >= 4 is 27.3 Å². The second-order valence-electron chi connectivity index (χ2n) is 2.63. The molecule has 0 aliphatic rings. The second kappa shape index (κ2) is 4.54. The van der Waals surface area contributed by atoms with Crippen LogP contribution >= 0.6 is 11.3 Å². The molecule has 0 spiro atoms. The van der Waals surface area contributed by atoms with Gasteiger partial charge in [-0.3, -0.25) is 4.79 Å². The van der Waals surface area contributed by atoms with Crippen LogP contribution in [0.2, 0.25) is 0 Å². The van der Waals surface area contributed by atoms with Crippen LogP contribution in [0.1, 0.15) is 10.4 Å². The van der Waals surface area contributed by atoms with Gasteiger partial charge in [-0.05, 0) is 11.4 Å². The number of rotatable bonds is 4. The van der Waals surface area contributed by atoms with Gasteiger partial charge in [0.2, 0.25) is 10.0 Å². The van der Waals surface area contributed by atoms with E-state index in [1.165, 1.54) is 11.3 Å². The van der Waals surface area contributed by atoms with Crippen LogP contribution in [-0.2, 0) is 10.0 Å². The number of hydrogen-bond donors (Lipinski definition) is 2. The fourth-order valence-electron chi connectivity index (χ4n) is 0.803. The summed E-state index contributed by atoms with van der Waals surface area (Å²) >= 11 is 1.40. The van der Waals surface area contributed by atoms with Crippen molar-refractivity contribution in [3.05, 3.63) is 22.4 Å². The van der Waals surface area contributed by atoms with Crippen molar-refractivity contribution < 1.29 is 13.2 Å². The first kappa shape index (κ1) is 11.2. The number of thiophene rings is 1. The number of hydrogen-bond acceptors (Lipinski definition) is 4. The first-order valence-electron chi connectivity index (χ1n) is 3.80. The molecule has 0 bridgehead atoms. The Bertz CT molecular complexity index is 397. The SMILES string of the molecule is NS(=O)(=O)CCNC(=O)c1ccsc1. The van der Waals surface area contributed by atoms with E-state index < -0.39 is 10.0 Å². The van der Waals surface area contributed by atoms with Crippen LogP contribution < -0.4 is 10.5 Å².